The molecule has 1 aliphatic heterocycles. The highest BCUT2D eigenvalue weighted by atomic mass is 15.2. The van der Waals surface area contributed by atoms with E-state index in [9.17, 15) is 0 Å². The van der Waals surface area contributed by atoms with E-state index in [1.807, 2.05) is 25.0 Å². The Morgan fingerprint density at radius 2 is 1.96 bits per heavy atom. The Balaban J connectivity index is 1.37. The van der Waals surface area contributed by atoms with E-state index in [-0.39, 0.29) is 0 Å². The van der Waals surface area contributed by atoms with E-state index < -0.39 is 0 Å². The third-order valence-electron chi connectivity index (χ3n) is 4.87. The third kappa shape index (κ3) is 5.59. The number of likely N-dealkylation sites (tertiary alicyclic amines) is 1. The maximum atomic E-state index is 4.37. The van der Waals surface area contributed by atoms with Gasteiger partial charge in [0.1, 0.15) is 0 Å². The van der Waals surface area contributed by atoms with Gasteiger partial charge < -0.3 is 10.6 Å². The highest BCUT2D eigenvalue weighted by Crippen LogP contribution is 2.13. The van der Waals surface area contributed by atoms with Gasteiger partial charge in [-0.25, -0.2) is 0 Å². The Hall–Kier alpha value is -2.34. The van der Waals surface area contributed by atoms with Crippen LogP contribution in [0.15, 0.2) is 47.7 Å². The third-order valence-corrected chi connectivity index (χ3v) is 4.87. The van der Waals surface area contributed by atoms with Crippen LogP contribution in [0.25, 0.3) is 0 Å². The summed E-state index contributed by atoms with van der Waals surface area (Å²) in [4.78, 5) is 6.90. The van der Waals surface area contributed by atoms with Gasteiger partial charge in [-0.1, -0.05) is 30.3 Å². The van der Waals surface area contributed by atoms with Gasteiger partial charge in [-0.05, 0) is 30.4 Å². The number of piperidine rings is 1. The summed E-state index contributed by atoms with van der Waals surface area (Å²) in [7, 11) is 3.78. The van der Waals surface area contributed by atoms with Crippen molar-refractivity contribution in [3.8, 4) is 0 Å². The zero-order valence-electron chi connectivity index (χ0n) is 15.9. The molecule has 0 atom stereocenters. The molecular weight excluding hydrogens is 324 g/mol. The second-order valence-corrected chi connectivity index (χ2v) is 6.95. The molecule has 26 heavy (non-hydrogen) atoms. The maximum absolute atomic E-state index is 4.37. The average Bonchev–Trinajstić information content (AvgIpc) is 3.08. The molecule has 0 bridgehead atoms. The minimum atomic E-state index is 0.492. The Bertz CT molecular complexity index is 685. The van der Waals surface area contributed by atoms with Crippen molar-refractivity contribution in [1.29, 1.82) is 0 Å². The summed E-state index contributed by atoms with van der Waals surface area (Å²) in [5, 5.41) is 11.2. The van der Waals surface area contributed by atoms with Crippen LogP contribution in [0, 0.1) is 0 Å². The molecule has 2 aromatic rings. The highest BCUT2D eigenvalue weighted by molar-refractivity contribution is 5.79. The van der Waals surface area contributed by atoms with E-state index in [4.69, 9.17) is 0 Å². The van der Waals surface area contributed by atoms with Crippen LogP contribution in [0.2, 0.25) is 0 Å². The van der Waals surface area contributed by atoms with Crippen LogP contribution < -0.4 is 10.6 Å². The minimum Gasteiger partial charge on any atom is -0.356 e. The molecule has 3 rings (SSSR count). The zero-order chi connectivity index (χ0) is 18.2. The number of nitrogens with zero attached hydrogens (tertiary/aromatic N) is 4. The van der Waals surface area contributed by atoms with E-state index >= 15 is 0 Å². The van der Waals surface area contributed by atoms with Crippen LogP contribution >= 0.6 is 0 Å². The first-order valence-corrected chi connectivity index (χ1v) is 9.44. The highest BCUT2D eigenvalue weighted by Gasteiger charge is 2.19. The molecule has 2 N–H and O–H groups in total. The van der Waals surface area contributed by atoms with E-state index in [1.165, 1.54) is 11.1 Å². The number of aromatic nitrogens is 2. The number of aliphatic imine (C=N–C) groups is 1. The summed E-state index contributed by atoms with van der Waals surface area (Å²) >= 11 is 0. The first-order valence-electron chi connectivity index (χ1n) is 9.44. The van der Waals surface area contributed by atoms with Gasteiger partial charge in [-0.2, -0.15) is 5.10 Å². The lowest BCUT2D eigenvalue weighted by Crippen LogP contribution is -2.48. The zero-order valence-corrected chi connectivity index (χ0v) is 15.9. The SMILES string of the molecule is CN=C(NCCc1cnn(C)c1)NC1CCN(Cc2ccccc2)CC1. The first-order chi connectivity index (χ1) is 12.7. The molecule has 0 radical (unpaired) electrons. The van der Waals surface area contributed by atoms with Crippen molar-refractivity contribution >= 4 is 5.96 Å². The minimum absolute atomic E-state index is 0.492. The van der Waals surface area contributed by atoms with Crippen molar-refractivity contribution in [1.82, 2.24) is 25.3 Å². The molecular formula is C20H30N6. The Morgan fingerprint density at radius 1 is 1.19 bits per heavy atom. The van der Waals surface area contributed by atoms with Gasteiger partial charge in [-0.3, -0.25) is 14.6 Å². The molecule has 0 saturated carbocycles. The van der Waals surface area contributed by atoms with Gasteiger partial charge >= 0.3 is 0 Å². The van der Waals surface area contributed by atoms with Crippen molar-refractivity contribution in [3.05, 3.63) is 53.9 Å². The lowest BCUT2D eigenvalue weighted by atomic mass is 10.0. The van der Waals surface area contributed by atoms with E-state index in [2.05, 4.69) is 62.2 Å². The summed E-state index contributed by atoms with van der Waals surface area (Å²) in [6, 6.07) is 11.2. The number of guanidine groups is 1. The molecule has 1 fully saturated rings. The second kappa shape index (κ2) is 9.38. The fraction of sp³-hybridized carbons (Fsp3) is 0.500. The fourth-order valence-electron chi connectivity index (χ4n) is 3.39. The number of nitrogens with one attached hydrogen (secondary N) is 2. The Morgan fingerprint density at radius 3 is 2.62 bits per heavy atom. The lowest BCUT2D eigenvalue weighted by Gasteiger charge is -2.33. The average molecular weight is 355 g/mol. The van der Waals surface area contributed by atoms with Gasteiger partial charge in [0, 0.05) is 52.5 Å². The summed E-state index contributed by atoms with van der Waals surface area (Å²) in [5.74, 6) is 0.899. The predicted molar refractivity (Wildman–Crippen MR) is 106 cm³/mol. The molecule has 6 nitrogen and oxygen atoms in total. The maximum Gasteiger partial charge on any atom is 0.191 e. The fourth-order valence-corrected chi connectivity index (χ4v) is 3.39. The molecule has 1 aliphatic rings. The van der Waals surface area contributed by atoms with Gasteiger partial charge in [0.2, 0.25) is 0 Å². The van der Waals surface area contributed by atoms with Crippen molar-refractivity contribution in [2.24, 2.45) is 12.0 Å². The van der Waals surface area contributed by atoms with Crippen molar-refractivity contribution < 1.29 is 0 Å². The van der Waals surface area contributed by atoms with Gasteiger partial charge in [0.05, 0.1) is 6.20 Å². The van der Waals surface area contributed by atoms with Gasteiger partial charge in [0.15, 0.2) is 5.96 Å². The van der Waals surface area contributed by atoms with E-state index in [0.717, 1.165) is 51.4 Å². The number of hydrogen-bond donors (Lipinski definition) is 2. The second-order valence-electron chi connectivity index (χ2n) is 6.95. The predicted octanol–water partition coefficient (Wildman–Crippen LogP) is 1.79. The number of hydrogen-bond acceptors (Lipinski definition) is 3. The normalized spacial score (nSPS) is 16.6. The summed E-state index contributed by atoms with van der Waals surface area (Å²) < 4.78 is 1.84. The summed E-state index contributed by atoms with van der Waals surface area (Å²) in [6.45, 7) is 4.16. The molecule has 1 aromatic carbocycles. The van der Waals surface area contributed by atoms with E-state index in [1.54, 1.807) is 0 Å². The first kappa shape index (κ1) is 18.5. The van der Waals surface area contributed by atoms with E-state index in [0.29, 0.717) is 6.04 Å². The smallest absolute Gasteiger partial charge is 0.191 e. The van der Waals surface area contributed by atoms with Crippen LogP contribution in [0.3, 0.4) is 0 Å². The van der Waals surface area contributed by atoms with Crippen molar-refractivity contribution in [2.45, 2.75) is 31.8 Å². The van der Waals surface area contributed by atoms with Gasteiger partial charge in [-0.15, -0.1) is 0 Å². The van der Waals surface area contributed by atoms with Crippen LogP contribution in [0.5, 0.6) is 0 Å². The van der Waals surface area contributed by atoms with Crippen molar-refractivity contribution in [2.75, 3.05) is 26.7 Å². The summed E-state index contributed by atoms with van der Waals surface area (Å²) in [6.07, 6.45) is 7.22. The van der Waals surface area contributed by atoms with Crippen LogP contribution in [-0.2, 0) is 20.0 Å². The Kier molecular flexibility index (Phi) is 6.66. The quantitative estimate of drug-likeness (QED) is 0.613. The molecule has 0 spiro atoms. The summed E-state index contributed by atoms with van der Waals surface area (Å²) in [5.41, 5.74) is 2.64. The standard InChI is InChI=1S/C20H30N6/c1-21-20(22-11-8-18-14-23-25(2)15-18)24-19-9-12-26(13-10-19)16-17-6-4-3-5-7-17/h3-7,14-15,19H,8-13,16H2,1-2H3,(H2,21,22,24). The monoisotopic (exact) mass is 354 g/mol. The molecule has 1 saturated heterocycles. The number of benzene rings is 1. The van der Waals surface area contributed by atoms with Crippen molar-refractivity contribution in [3.63, 3.8) is 0 Å². The molecule has 1 aromatic heterocycles. The molecule has 6 heteroatoms. The van der Waals surface area contributed by atoms with Crippen LogP contribution in [-0.4, -0.2) is 53.4 Å². The molecule has 0 unspecified atom stereocenters. The molecule has 0 aliphatic carbocycles. The molecule has 0 amide bonds. The van der Waals surface area contributed by atoms with Gasteiger partial charge in [0.25, 0.3) is 0 Å². The molecule has 2 heterocycles. The number of rotatable bonds is 6. The van der Waals surface area contributed by atoms with Crippen LogP contribution in [0.4, 0.5) is 0 Å². The topological polar surface area (TPSA) is 57.5 Å². The largest absolute Gasteiger partial charge is 0.356 e. The number of aryl methyl sites for hydroxylation is 1. The Labute approximate surface area is 156 Å². The van der Waals surface area contributed by atoms with Crippen LogP contribution in [0.1, 0.15) is 24.0 Å². The lowest BCUT2D eigenvalue weighted by molar-refractivity contribution is 0.198. The molecule has 140 valence electrons.